The van der Waals surface area contributed by atoms with Crippen molar-refractivity contribution >= 4 is 32.1 Å². The lowest BCUT2D eigenvalue weighted by Crippen LogP contribution is -2.34. The van der Waals surface area contributed by atoms with E-state index in [0.29, 0.717) is 18.2 Å². The third-order valence-electron chi connectivity index (χ3n) is 7.11. The largest absolute Gasteiger partial charge is 0.356 e. The molecule has 3 aliphatic rings. The van der Waals surface area contributed by atoms with E-state index in [-0.39, 0.29) is 5.91 Å². The van der Waals surface area contributed by atoms with Gasteiger partial charge in [0, 0.05) is 43.4 Å². The average Bonchev–Trinajstić information content (AvgIpc) is 3.62. The van der Waals surface area contributed by atoms with Gasteiger partial charge >= 0.3 is 0 Å². The number of carbonyl (C=O) groups excluding carboxylic acids is 1. The van der Waals surface area contributed by atoms with E-state index in [2.05, 4.69) is 77.7 Å². The van der Waals surface area contributed by atoms with Gasteiger partial charge in [0.25, 0.3) is 0 Å². The summed E-state index contributed by atoms with van der Waals surface area (Å²) in [6.07, 6.45) is 8.83. The fourth-order valence-electron chi connectivity index (χ4n) is 5.09. The van der Waals surface area contributed by atoms with Crippen LogP contribution >= 0.6 is 9.24 Å². The van der Waals surface area contributed by atoms with E-state index in [1.165, 1.54) is 36.8 Å². The smallest absolute Gasteiger partial charge is 0.230 e. The van der Waals surface area contributed by atoms with Crippen LogP contribution in [0.25, 0.3) is 11.3 Å². The van der Waals surface area contributed by atoms with E-state index < -0.39 is 0 Å². The number of aromatic nitrogens is 4. The number of piperidine rings is 1. The molecule has 0 aliphatic carbocycles. The molecule has 0 spiro atoms. The summed E-state index contributed by atoms with van der Waals surface area (Å²) in [6, 6.07) is 6.46. The van der Waals surface area contributed by atoms with Gasteiger partial charge in [-0.2, -0.15) is 0 Å². The van der Waals surface area contributed by atoms with Gasteiger partial charge < -0.3 is 20.1 Å². The van der Waals surface area contributed by atoms with Crippen molar-refractivity contribution in [2.45, 2.75) is 44.9 Å². The van der Waals surface area contributed by atoms with Gasteiger partial charge in [0.05, 0.1) is 12.1 Å². The number of fused-ring (bicyclic) bond motifs is 1. The summed E-state index contributed by atoms with van der Waals surface area (Å²) in [5.74, 6) is 3.10. The molecule has 2 fully saturated rings. The van der Waals surface area contributed by atoms with Gasteiger partial charge in [-0.05, 0) is 62.6 Å². The maximum Gasteiger partial charge on any atom is 0.230 e. The molecule has 3 aliphatic heterocycles. The Balaban J connectivity index is 0.000000453. The Bertz CT molecular complexity index is 1200. The van der Waals surface area contributed by atoms with Crippen LogP contribution in [0.3, 0.4) is 0 Å². The van der Waals surface area contributed by atoms with Crippen molar-refractivity contribution in [3.63, 3.8) is 0 Å². The molecular weight excluding hydrogens is 457 g/mol. The third-order valence-corrected chi connectivity index (χ3v) is 7.76. The Morgan fingerprint density at radius 2 is 1.89 bits per heavy atom. The molecule has 184 valence electrons. The van der Waals surface area contributed by atoms with Gasteiger partial charge in [-0.1, -0.05) is 12.1 Å². The summed E-state index contributed by atoms with van der Waals surface area (Å²) < 4.78 is 2.17. The Morgan fingerprint density at radius 3 is 2.57 bits per heavy atom. The predicted octanol–water partition coefficient (Wildman–Crippen LogP) is 2.93. The number of nitrogens with zero attached hydrogens (tertiary/aromatic N) is 5. The zero-order valence-electron chi connectivity index (χ0n) is 20.5. The summed E-state index contributed by atoms with van der Waals surface area (Å²) >= 11 is 0. The minimum absolute atomic E-state index is 0.00730. The molecule has 1 aromatic carbocycles. The maximum absolute atomic E-state index is 11.8. The maximum atomic E-state index is 11.8. The molecule has 9 heteroatoms. The Kier molecular flexibility index (Phi) is 7.12. The third kappa shape index (κ3) is 5.24. The van der Waals surface area contributed by atoms with Crippen molar-refractivity contribution in [2.75, 3.05) is 36.4 Å². The van der Waals surface area contributed by atoms with Gasteiger partial charge in [-0.25, -0.2) is 15.0 Å². The number of benzene rings is 1. The molecule has 3 aromatic rings. The summed E-state index contributed by atoms with van der Waals surface area (Å²) in [5, 5.41) is 7.25. The van der Waals surface area contributed by atoms with Crippen molar-refractivity contribution in [1.29, 1.82) is 0 Å². The van der Waals surface area contributed by atoms with Crippen molar-refractivity contribution in [3.05, 3.63) is 47.7 Å². The van der Waals surface area contributed by atoms with E-state index in [0.717, 1.165) is 54.4 Å². The van der Waals surface area contributed by atoms with Crippen LogP contribution in [0.2, 0.25) is 0 Å². The van der Waals surface area contributed by atoms with Crippen molar-refractivity contribution in [2.24, 2.45) is 7.05 Å². The van der Waals surface area contributed by atoms with Crippen LogP contribution in [0.15, 0.2) is 30.7 Å². The van der Waals surface area contributed by atoms with E-state index in [4.69, 9.17) is 4.98 Å². The van der Waals surface area contributed by atoms with Gasteiger partial charge in [0.2, 0.25) is 5.91 Å². The van der Waals surface area contributed by atoms with Gasteiger partial charge in [-0.15, -0.1) is 9.24 Å². The first-order chi connectivity index (χ1) is 17.0. The highest BCUT2D eigenvalue weighted by Crippen LogP contribution is 2.34. The van der Waals surface area contributed by atoms with Crippen LogP contribution in [0, 0.1) is 6.92 Å². The average molecular weight is 492 g/mol. The quantitative estimate of drug-likeness (QED) is 0.548. The standard InChI is InChI=1S/C22H25N6OP.C4H9N/c1-13-9-15(3-4-18(13)30)17-11-27(2)21(25-17)14-5-7-28(8-6-14)22-16-10-19(29)26-20(16)23-12-24-22;1-2-4-5-3-1/h3-4,9,11-12,14H,5-8,10,30H2,1-2H3,(H,23,24,26,29);5H,1-4H2. The SMILES string of the molecule is C1CCNC1.Cc1cc(-c2cn(C)c(C3CCN(c4ncnc5c4CC(=O)N5)CC3)n2)ccc1P. The topological polar surface area (TPSA) is 88.0 Å². The second-order valence-corrected chi connectivity index (χ2v) is 10.3. The van der Waals surface area contributed by atoms with Gasteiger partial charge in [0.1, 0.15) is 23.8 Å². The van der Waals surface area contributed by atoms with Crippen LogP contribution in [0.4, 0.5) is 11.6 Å². The summed E-state index contributed by atoms with van der Waals surface area (Å²) in [4.78, 5) is 27.7. The number of hydrogen-bond acceptors (Lipinski definition) is 6. The lowest BCUT2D eigenvalue weighted by atomic mass is 9.95. The lowest BCUT2D eigenvalue weighted by molar-refractivity contribution is -0.115. The summed E-state index contributed by atoms with van der Waals surface area (Å²) in [5.41, 5.74) is 4.37. The van der Waals surface area contributed by atoms with Crippen molar-refractivity contribution in [1.82, 2.24) is 24.8 Å². The fourth-order valence-corrected chi connectivity index (χ4v) is 5.27. The van der Waals surface area contributed by atoms with E-state index in [1.807, 2.05) is 0 Å². The first-order valence-electron chi connectivity index (χ1n) is 12.5. The number of imidazole rings is 1. The normalized spacial score (nSPS) is 17.7. The minimum atomic E-state index is -0.00730. The molecule has 0 radical (unpaired) electrons. The molecule has 2 saturated heterocycles. The van der Waals surface area contributed by atoms with E-state index in [9.17, 15) is 4.79 Å². The van der Waals surface area contributed by atoms with Gasteiger partial charge in [0.15, 0.2) is 0 Å². The van der Waals surface area contributed by atoms with Crippen molar-refractivity contribution < 1.29 is 4.79 Å². The molecule has 5 heterocycles. The molecular formula is C26H34N7OP. The van der Waals surface area contributed by atoms with Crippen LogP contribution < -0.4 is 20.8 Å². The highest BCUT2D eigenvalue weighted by molar-refractivity contribution is 7.27. The number of hydrogen-bond donors (Lipinski definition) is 2. The number of anilines is 2. The molecule has 35 heavy (non-hydrogen) atoms. The van der Waals surface area contributed by atoms with Gasteiger partial charge in [-0.3, -0.25) is 4.79 Å². The second kappa shape index (κ2) is 10.4. The number of rotatable bonds is 3. The molecule has 6 rings (SSSR count). The lowest BCUT2D eigenvalue weighted by Gasteiger charge is -2.33. The number of nitrogens with one attached hydrogen (secondary N) is 2. The number of amides is 1. The highest BCUT2D eigenvalue weighted by Gasteiger charge is 2.30. The highest BCUT2D eigenvalue weighted by atomic mass is 31.0. The molecule has 1 amide bonds. The Labute approximate surface area is 209 Å². The fraction of sp³-hybridized carbons (Fsp3) is 0.462. The predicted molar refractivity (Wildman–Crippen MR) is 143 cm³/mol. The molecule has 1 unspecified atom stereocenters. The zero-order valence-corrected chi connectivity index (χ0v) is 21.7. The Hall–Kier alpha value is -2.83. The zero-order chi connectivity index (χ0) is 24.4. The molecule has 0 bridgehead atoms. The van der Waals surface area contributed by atoms with Crippen LogP contribution in [0.1, 0.15) is 48.6 Å². The number of carbonyl (C=O) groups is 1. The van der Waals surface area contributed by atoms with Crippen LogP contribution in [-0.2, 0) is 18.3 Å². The molecule has 2 N–H and O–H groups in total. The summed E-state index contributed by atoms with van der Waals surface area (Å²) in [6.45, 7) is 6.41. The second-order valence-electron chi connectivity index (χ2n) is 9.63. The van der Waals surface area contributed by atoms with Crippen molar-refractivity contribution in [3.8, 4) is 11.3 Å². The van der Waals surface area contributed by atoms with E-state index in [1.54, 1.807) is 6.33 Å². The van der Waals surface area contributed by atoms with E-state index >= 15 is 0 Å². The first-order valence-corrected chi connectivity index (χ1v) is 13.1. The minimum Gasteiger partial charge on any atom is -0.356 e. The molecule has 8 nitrogen and oxygen atoms in total. The monoisotopic (exact) mass is 491 g/mol. The number of aryl methyl sites for hydroxylation is 2. The molecule has 2 aromatic heterocycles. The first kappa shape index (κ1) is 23.9. The summed E-state index contributed by atoms with van der Waals surface area (Å²) in [7, 11) is 4.86. The van der Waals surface area contributed by atoms with Crippen LogP contribution in [-0.4, -0.2) is 51.6 Å². The Morgan fingerprint density at radius 1 is 1.11 bits per heavy atom. The molecule has 1 atom stereocenters. The van der Waals surface area contributed by atoms with Crippen LogP contribution in [0.5, 0.6) is 0 Å². The molecule has 0 saturated carbocycles.